The van der Waals surface area contributed by atoms with Crippen LogP contribution in [0.25, 0.3) is 10.9 Å². The molecule has 1 amide bonds. The van der Waals surface area contributed by atoms with Gasteiger partial charge in [0.1, 0.15) is 0 Å². The van der Waals surface area contributed by atoms with Crippen LogP contribution in [0.1, 0.15) is 29.3 Å². The van der Waals surface area contributed by atoms with Crippen molar-refractivity contribution in [3.8, 4) is 0 Å². The van der Waals surface area contributed by atoms with Gasteiger partial charge >= 0.3 is 0 Å². The number of benzene rings is 2. The minimum Gasteiger partial charge on any atom is -0.274 e. The van der Waals surface area contributed by atoms with Gasteiger partial charge in [0.05, 0.1) is 16.9 Å². The summed E-state index contributed by atoms with van der Waals surface area (Å²) in [7, 11) is 0. The van der Waals surface area contributed by atoms with E-state index in [4.69, 9.17) is 4.98 Å². The number of thioether (sulfide) groups is 1. The van der Waals surface area contributed by atoms with Crippen molar-refractivity contribution in [1.82, 2.24) is 9.97 Å². The molecule has 152 valence electrons. The van der Waals surface area contributed by atoms with E-state index in [9.17, 15) is 4.79 Å². The van der Waals surface area contributed by atoms with Crippen molar-refractivity contribution in [2.24, 2.45) is 0 Å². The highest BCUT2D eigenvalue weighted by Gasteiger charge is 2.22. The van der Waals surface area contributed by atoms with Crippen LogP contribution >= 0.6 is 23.1 Å². The molecular weight excluding hydrogens is 410 g/mol. The molecular formula is C24H23N3OS2. The van der Waals surface area contributed by atoms with Crippen molar-refractivity contribution < 1.29 is 4.79 Å². The normalized spacial score (nSPS) is 11.1. The first-order chi connectivity index (χ1) is 14.4. The number of para-hydroxylation sites is 1. The number of aryl methyl sites for hydroxylation is 3. The molecule has 4 nitrogen and oxygen atoms in total. The van der Waals surface area contributed by atoms with E-state index in [2.05, 4.69) is 30.1 Å². The van der Waals surface area contributed by atoms with E-state index in [-0.39, 0.29) is 5.91 Å². The highest BCUT2D eigenvalue weighted by atomic mass is 32.2. The third-order valence-corrected chi connectivity index (χ3v) is 6.87. The van der Waals surface area contributed by atoms with Gasteiger partial charge in [-0.3, -0.25) is 14.7 Å². The first-order valence-electron chi connectivity index (χ1n) is 9.73. The topological polar surface area (TPSA) is 46.1 Å². The van der Waals surface area contributed by atoms with Crippen molar-refractivity contribution in [3.05, 3.63) is 76.4 Å². The van der Waals surface area contributed by atoms with Gasteiger partial charge in [-0.1, -0.05) is 35.9 Å². The van der Waals surface area contributed by atoms with Crippen molar-refractivity contribution in [2.75, 3.05) is 4.90 Å². The number of rotatable bonds is 5. The molecule has 0 radical (unpaired) electrons. The van der Waals surface area contributed by atoms with Crippen LogP contribution in [0.15, 0.2) is 58.9 Å². The third-order valence-electron chi connectivity index (χ3n) is 4.89. The molecule has 0 bridgehead atoms. The number of pyridine rings is 1. The lowest BCUT2D eigenvalue weighted by molar-refractivity contribution is -0.115. The minimum absolute atomic E-state index is 0.0290. The van der Waals surface area contributed by atoms with E-state index in [1.165, 1.54) is 21.8 Å². The Morgan fingerprint density at radius 1 is 1.10 bits per heavy atom. The molecule has 0 fully saturated rings. The largest absolute Gasteiger partial charge is 0.274 e. The predicted octanol–water partition coefficient (Wildman–Crippen LogP) is 6.59. The molecule has 0 N–H and O–H groups in total. The second-order valence-electron chi connectivity index (χ2n) is 7.34. The number of fused-ring (bicyclic) bond motifs is 1. The monoisotopic (exact) mass is 433 g/mol. The lowest BCUT2D eigenvalue weighted by Crippen LogP contribution is -2.24. The number of thiazole rings is 1. The predicted molar refractivity (Wildman–Crippen MR) is 127 cm³/mol. The zero-order chi connectivity index (χ0) is 21.3. The van der Waals surface area contributed by atoms with Crippen LogP contribution in [0.2, 0.25) is 0 Å². The summed E-state index contributed by atoms with van der Waals surface area (Å²) >= 11 is 3.25. The molecule has 0 unspecified atom stereocenters. The molecule has 0 spiro atoms. The second-order valence-corrected chi connectivity index (χ2v) is 9.19. The number of nitrogens with zero attached hydrogens (tertiary/aromatic N) is 3. The van der Waals surface area contributed by atoms with Gasteiger partial charge in [0.15, 0.2) is 5.13 Å². The van der Waals surface area contributed by atoms with E-state index in [0.29, 0.717) is 5.13 Å². The number of anilines is 2. The molecule has 4 aromatic rings. The molecule has 0 saturated carbocycles. The SMILES string of the molecule is CC(=O)N(c1nc(CSc2ccnc3ccccc23)cs1)c1c(C)cc(C)cc1C. The van der Waals surface area contributed by atoms with Crippen molar-refractivity contribution >= 4 is 50.7 Å². The summed E-state index contributed by atoms with van der Waals surface area (Å²) in [6, 6.07) is 14.4. The van der Waals surface area contributed by atoms with Crippen LogP contribution in [-0.4, -0.2) is 15.9 Å². The number of amides is 1. The third kappa shape index (κ3) is 4.11. The van der Waals surface area contributed by atoms with Crippen molar-refractivity contribution in [2.45, 2.75) is 38.3 Å². The summed E-state index contributed by atoms with van der Waals surface area (Å²) in [5.74, 6) is 0.709. The van der Waals surface area contributed by atoms with Gasteiger partial charge in [-0.2, -0.15) is 0 Å². The average molecular weight is 434 g/mol. The van der Waals surface area contributed by atoms with Crippen LogP contribution in [-0.2, 0) is 10.5 Å². The Hall–Kier alpha value is -2.70. The summed E-state index contributed by atoms with van der Waals surface area (Å²) in [5, 5.41) is 3.91. The Morgan fingerprint density at radius 2 is 1.83 bits per heavy atom. The van der Waals surface area contributed by atoms with Gasteiger partial charge in [-0.15, -0.1) is 23.1 Å². The van der Waals surface area contributed by atoms with E-state index in [1.54, 1.807) is 23.6 Å². The smallest absolute Gasteiger partial charge is 0.230 e. The highest BCUT2D eigenvalue weighted by molar-refractivity contribution is 7.98. The Morgan fingerprint density at radius 3 is 2.57 bits per heavy atom. The Kier molecular flexibility index (Phi) is 5.88. The fourth-order valence-electron chi connectivity index (χ4n) is 3.73. The first kappa shape index (κ1) is 20.6. The van der Waals surface area contributed by atoms with E-state index in [1.807, 2.05) is 49.7 Å². The quantitative estimate of drug-likeness (QED) is 0.333. The van der Waals surface area contributed by atoms with E-state index >= 15 is 0 Å². The van der Waals surface area contributed by atoms with Gasteiger partial charge in [0.25, 0.3) is 0 Å². The molecule has 0 saturated heterocycles. The summed E-state index contributed by atoms with van der Waals surface area (Å²) in [6.45, 7) is 7.76. The summed E-state index contributed by atoms with van der Waals surface area (Å²) < 4.78 is 0. The van der Waals surface area contributed by atoms with Gasteiger partial charge in [-0.25, -0.2) is 4.98 Å². The zero-order valence-corrected chi connectivity index (χ0v) is 19.1. The molecule has 2 heterocycles. The zero-order valence-electron chi connectivity index (χ0n) is 17.5. The highest BCUT2D eigenvalue weighted by Crippen LogP contribution is 2.36. The molecule has 2 aromatic heterocycles. The number of hydrogen-bond donors (Lipinski definition) is 0. The number of carbonyl (C=O) groups is 1. The molecule has 4 rings (SSSR count). The van der Waals surface area contributed by atoms with Crippen LogP contribution in [0.5, 0.6) is 0 Å². The molecule has 0 aliphatic carbocycles. The van der Waals surface area contributed by atoms with Gasteiger partial charge in [0, 0.05) is 34.5 Å². The molecule has 30 heavy (non-hydrogen) atoms. The Labute approximate surface area is 185 Å². The van der Waals surface area contributed by atoms with Crippen LogP contribution in [0.3, 0.4) is 0 Å². The molecule has 0 aliphatic rings. The van der Waals surface area contributed by atoms with Crippen LogP contribution in [0.4, 0.5) is 10.8 Å². The molecule has 6 heteroatoms. The Balaban J connectivity index is 1.60. The number of aromatic nitrogens is 2. The number of carbonyl (C=O) groups excluding carboxylic acids is 1. The molecule has 2 aromatic carbocycles. The summed E-state index contributed by atoms with van der Waals surface area (Å²) in [4.78, 5) is 24.7. The lowest BCUT2D eigenvalue weighted by atomic mass is 10.0. The van der Waals surface area contributed by atoms with Gasteiger partial charge in [0.2, 0.25) is 5.91 Å². The molecule has 0 aliphatic heterocycles. The fourth-order valence-corrected chi connectivity index (χ4v) is 5.64. The fraction of sp³-hybridized carbons (Fsp3) is 0.208. The summed E-state index contributed by atoms with van der Waals surface area (Å²) in [6.07, 6.45) is 1.84. The maximum absolute atomic E-state index is 12.5. The molecule has 0 atom stereocenters. The average Bonchev–Trinajstić information content (AvgIpc) is 3.17. The minimum atomic E-state index is -0.0290. The number of hydrogen-bond acceptors (Lipinski definition) is 5. The summed E-state index contributed by atoms with van der Waals surface area (Å²) in [5.41, 5.74) is 6.25. The van der Waals surface area contributed by atoms with Gasteiger partial charge in [-0.05, 0) is 44.0 Å². The maximum atomic E-state index is 12.5. The van der Waals surface area contributed by atoms with Crippen molar-refractivity contribution in [3.63, 3.8) is 0 Å². The standard InChI is InChI=1S/C24H23N3OS2/c1-15-11-16(2)23(17(3)12-15)27(18(4)28)24-26-19(14-30-24)13-29-22-9-10-25-21-8-6-5-7-20(21)22/h5-12,14H,13H2,1-4H3. The van der Waals surface area contributed by atoms with Crippen LogP contribution in [0, 0.1) is 20.8 Å². The lowest BCUT2D eigenvalue weighted by Gasteiger charge is -2.23. The van der Waals surface area contributed by atoms with Crippen molar-refractivity contribution in [1.29, 1.82) is 0 Å². The first-order valence-corrected chi connectivity index (χ1v) is 11.6. The van der Waals surface area contributed by atoms with Gasteiger partial charge < -0.3 is 0 Å². The Bertz CT molecular complexity index is 1200. The van der Waals surface area contributed by atoms with E-state index in [0.717, 1.165) is 39.2 Å². The van der Waals surface area contributed by atoms with Crippen LogP contribution < -0.4 is 4.90 Å². The van der Waals surface area contributed by atoms with E-state index < -0.39 is 0 Å². The maximum Gasteiger partial charge on any atom is 0.230 e. The second kappa shape index (κ2) is 8.58.